The third kappa shape index (κ3) is 6.48. The molecule has 192 valence electrons. The summed E-state index contributed by atoms with van der Waals surface area (Å²) in [5, 5.41) is 10.2. The van der Waals surface area contributed by atoms with E-state index < -0.39 is 0 Å². The van der Waals surface area contributed by atoms with Gasteiger partial charge >= 0.3 is 0 Å². The van der Waals surface area contributed by atoms with Crippen LogP contribution >= 0.6 is 11.6 Å². The van der Waals surface area contributed by atoms with Crippen molar-refractivity contribution >= 4 is 34.7 Å². The molecule has 2 aliphatic rings. The topological polar surface area (TPSA) is 72.8 Å². The molecule has 1 aromatic rings. The molecule has 1 N–H and O–H groups in total. The standard InChI is InChI=1S/C26H39ClN6O2/c1-7-22-19(3)33(30-23(22)14-25-28-11-8-12-31(25)4)17-26(34)32(5)18(2)16-29-21-10-9-20(15-27)24(13-21)35-6/h8-11,13,18-19,22,29H,7,12,14-17H2,1-6H3. The number of methoxy groups -OCH3 is 1. The molecule has 0 saturated carbocycles. The zero-order valence-electron chi connectivity index (χ0n) is 21.8. The summed E-state index contributed by atoms with van der Waals surface area (Å²) in [5.74, 6) is 2.55. The zero-order valence-corrected chi connectivity index (χ0v) is 22.5. The van der Waals surface area contributed by atoms with Gasteiger partial charge in [-0.3, -0.25) is 9.80 Å². The first-order valence-electron chi connectivity index (χ1n) is 12.3. The monoisotopic (exact) mass is 502 g/mol. The van der Waals surface area contributed by atoms with Gasteiger partial charge in [-0.1, -0.05) is 13.0 Å². The number of carbonyl (C=O) groups excluding carboxylic acids is 1. The van der Waals surface area contributed by atoms with Crippen molar-refractivity contribution in [2.45, 2.75) is 51.6 Å². The number of alkyl halides is 1. The fraction of sp³-hybridized carbons (Fsp3) is 0.577. The Bertz CT molecular complexity index is 979. The number of hydrogen-bond acceptors (Lipinski definition) is 7. The summed E-state index contributed by atoms with van der Waals surface area (Å²) in [6.45, 7) is 8.13. The number of aliphatic imine (C=N–C) groups is 1. The van der Waals surface area contributed by atoms with Crippen molar-refractivity contribution < 1.29 is 9.53 Å². The van der Waals surface area contributed by atoms with Crippen molar-refractivity contribution in [3.05, 3.63) is 36.0 Å². The van der Waals surface area contributed by atoms with Crippen molar-refractivity contribution in [2.24, 2.45) is 16.0 Å². The Kier molecular flexibility index (Phi) is 9.43. The second kappa shape index (κ2) is 12.3. The highest BCUT2D eigenvalue weighted by molar-refractivity contribution is 6.17. The van der Waals surface area contributed by atoms with Gasteiger partial charge in [0.05, 0.1) is 24.7 Å². The molecule has 1 aromatic carbocycles. The van der Waals surface area contributed by atoms with E-state index in [1.807, 2.05) is 49.5 Å². The highest BCUT2D eigenvalue weighted by Crippen LogP contribution is 2.27. The van der Waals surface area contributed by atoms with Gasteiger partial charge in [0.2, 0.25) is 5.91 Å². The van der Waals surface area contributed by atoms with Gasteiger partial charge in [0.15, 0.2) is 0 Å². The van der Waals surface area contributed by atoms with E-state index in [1.165, 1.54) is 0 Å². The minimum absolute atomic E-state index is 0.00145. The van der Waals surface area contributed by atoms with E-state index in [9.17, 15) is 4.79 Å². The van der Waals surface area contributed by atoms with Gasteiger partial charge in [-0.2, -0.15) is 5.10 Å². The van der Waals surface area contributed by atoms with E-state index in [2.05, 4.69) is 36.1 Å². The SMILES string of the molecule is CCC1C(CC2=NC=CCN2C)=NN(CC(=O)N(C)C(C)CNc2ccc(CCl)c(OC)c2)C1C. The molecular formula is C26H39ClN6O2. The van der Waals surface area contributed by atoms with Crippen LogP contribution in [0.1, 0.15) is 39.2 Å². The summed E-state index contributed by atoms with van der Waals surface area (Å²) in [5.41, 5.74) is 2.99. The first kappa shape index (κ1) is 26.9. The van der Waals surface area contributed by atoms with Gasteiger partial charge in [-0.05, 0) is 32.4 Å². The number of rotatable bonds is 11. The fourth-order valence-electron chi connectivity index (χ4n) is 4.49. The second-order valence-corrected chi connectivity index (χ2v) is 9.59. The second-order valence-electron chi connectivity index (χ2n) is 9.33. The third-order valence-corrected chi connectivity index (χ3v) is 7.34. The van der Waals surface area contributed by atoms with Crippen LogP contribution in [0.15, 0.2) is 40.6 Å². The molecule has 8 nitrogen and oxygen atoms in total. The van der Waals surface area contributed by atoms with E-state index in [1.54, 1.807) is 12.0 Å². The summed E-state index contributed by atoms with van der Waals surface area (Å²) in [6, 6.07) is 6.05. The number of amidine groups is 1. The normalized spacial score (nSPS) is 20.4. The van der Waals surface area contributed by atoms with Crippen LogP contribution in [0.3, 0.4) is 0 Å². The molecule has 0 aliphatic carbocycles. The van der Waals surface area contributed by atoms with Gasteiger partial charge in [0, 0.05) is 69.1 Å². The molecule has 1 amide bonds. The first-order chi connectivity index (χ1) is 16.8. The number of nitrogens with zero attached hydrogens (tertiary/aromatic N) is 5. The highest BCUT2D eigenvalue weighted by atomic mass is 35.5. The molecule has 2 heterocycles. The number of nitrogens with one attached hydrogen (secondary N) is 1. The predicted octanol–water partition coefficient (Wildman–Crippen LogP) is 4.03. The molecule has 0 radical (unpaired) electrons. The minimum Gasteiger partial charge on any atom is -0.496 e. The number of ether oxygens (including phenoxy) is 1. The lowest BCUT2D eigenvalue weighted by atomic mass is 9.91. The Morgan fingerprint density at radius 2 is 2.17 bits per heavy atom. The van der Waals surface area contributed by atoms with Crippen LogP contribution in [0, 0.1) is 5.92 Å². The molecule has 0 bridgehead atoms. The molecule has 0 spiro atoms. The van der Waals surface area contributed by atoms with Crippen LogP contribution in [0.25, 0.3) is 0 Å². The Balaban J connectivity index is 1.58. The third-order valence-electron chi connectivity index (χ3n) is 7.05. The number of carbonyl (C=O) groups is 1. The predicted molar refractivity (Wildman–Crippen MR) is 144 cm³/mol. The lowest BCUT2D eigenvalue weighted by Crippen LogP contribution is -2.45. The van der Waals surface area contributed by atoms with Gasteiger partial charge in [0.1, 0.15) is 18.1 Å². The van der Waals surface area contributed by atoms with Crippen LogP contribution in [0.5, 0.6) is 5.75 Å². The molecule has 0 aromatic heterocycles. The van der Waals surface area contributed by atoms with Gasteiger partial charge in [-0.15, -0.1) is 11.6 Å². The molecule has 2 aliphatic heterocycles. The van der Waals surface area contributed by atoms with E-state index in [4.69, 9.17) is 21.4 Å². The summed E-state index contributed by atoms with van der Waals surface area (Å²) < 4.78 is 5.41. The Morgan fingerprint density at radius 1 is 1.40 bits per heavy atom. The maximum absolute atomic E-state index is 13.1. The van der Waals surface area contributed by atoms with Crippen LogP contribution in [-0.4, -0.2) is 85.2 Å². The summed E-state index contributed by atoms with van der Waals surface area (Å²) in [4.78, 5) is 21.6. The number of hydrazone groups is 1. The van der Waals surface area contributed by atoms with Gasteiger partial charge in [0.25, 0.3) is 0 Å². The average molecular weight is 503 g/mol. The average Bonchev–Trinajstić information content (AvgIpc) is 3.16. The first-order valence-corrected chi connectivity index (χ1v) is 12.8. The van der Waals surface area contributed by atoms with Crippen molar-refractivity contribution in [1.82, 2.24) is 14.8 Å². The van der Waals surface area contributed by atoms with Crippen LogP contribution in [-0.2, 0) is 10.7 Å². The van der Waals surface area contributed by atoms with Crippen molar-refractivity contribution in [1.29, 1.82) is 0 Å². The van der Waals surface area contributed by atoms with E-state index >= 15 is 0 Å². The van der Waals surface area contributed by atoms with Crippen LogP contribution in [0.2, 0.25) is 0 Å². The van der Waals surface area contributed by atoms with Gasteiger partial charge in [-0.25, -0.2) is 4.99 Å². The van der Waals surface area contributed by atoms with Crippen LogP contribution < -0.4 is 10.1 Å². The number of benzene rings is 1. The largest absolute Gasteiger partial charge is 0.496 e. The lowest BCUT2D eigenvalue weighted by molar-refractivity contribution is -0.133. The number of amides is 1. The number of hydrogen-bond donors (Lipinski definition) is 1. The molecule has 9 heteroatoms. The minimum atomic E-state index is 0.00145. The number of halogens is 1. The number of anilines is 1. The Hall–Kier alpha value is -2.74. The highest BCUT2D eigenvalue weighted by Gasteiger charge is 2.35. The Morgan fingerprint density at radius 3 is 2.83 bits per heavy atom. The van der Waals surface area contributed by atoms with Crippen LogP contribution in [0.4, 0.5) is 5.69 Å². The molecule has 3 atom stereocenters. The quantitative estimate of drug-likeness (QED) is 0.462. The molecule has 35 heavy (non-hydrogen) atoms. The zero-order chi connectivity index (χ0) is 25.5. The fourth-order valence-corrected chi connectivity index (χ4v) is 4.71. The van der Waals surface area contributed by atoms with E-state index in [0.717, 1.165) is 47.9 Å². The summed E-state index contributed by atoms with van der Waals surface area (Å²) in [7, 11) is 5.54. The molecule has 3 rings (SSSR count). The van der Waals surface area contributed by atoms with E-state index in [-0.39, 0.29) is 24.5 Å². The molecule has 0 saturated heterocycles. The molecule has 3 unspecified atom stereocenters. The summed E-state index contributed by atoms with van der Waals surface area (Å²) >= 11 is 5.96. The molecular weight excluding hydrogens is 464 g/mol. The molecule has 0 fully saturated rings. The van der Waals surface area contributed by atoms with Crippen molar-refractivity contribution in [2.75, 3.05) is 46.2 Å². The van der Waals surface area contributed by atoms with Crippen molar-refractivity contribution in [3.63, 3.8) is 0 Å². The summed E-state index contributed by atoms with van der Waals surface area (Å²) in [6.07, 6.45) is 5.61. The maximum atomic E-state index is 13.1. The number of likely N-dealkylation sites (N-methyl/N-ethyl adjacent to an activating group) is 2. The van der Waals surface area contributed by atoms with Gasteiger partial charge < -0.3 is 19.9 Å². The van der Waals surface area contributed by atoms with E-state index in [0.29, 0.717) is 18.3 Å². The lowest BCUT2D eigenvalue weighted by Gasteiger charge is -2.29. The Labute approximate surface area is 214 Å². The van der Waals surface area contributed by atoms with Crippen molar-refractivity contribution in [3.8, 4) is 5.75 Å². The smallest absolute Gasteiger partial charge is 0.243 e. The maximum Gasteiger partial charge on any atom is 0.243 e.